The molecular formula is C14H11F2NO2S. The van der Waals surface area contributed by atoms with Gasteiger partial charge in [-0.1, -0.05) is 29.8 Å². The van der Waals surface area contributed by atoms with Gasteiger partial charge in [0, 0.05) is 5.56 Å². The van der Waals surface area contributed by atoms with Gasteiger partial charge < -0.3 is 0 Å². The molecule has 20 heavy (non-hydrogen) atoms. The van der Waals surface area contributed by atoms with Gasteiger partial charge in [-0.15, -0.1) is 0 Å². The maximum absolute atomic E-state index is 13.4. The van der Waals surface area contributed by atoms with Crippen LogP contribution in [-0.2, 0) is 10.0 Å². The van der Waals surface area contributed by atoms with Crippen LogP contribution in [0.1, 0.15) is 11.1 Å². The van der Waals surface area contributed by atoms with E-state index in [-0.39, 0.29) is 10.5 Å². The summed E-state index contributed by atoms with van der Waals surface area (Å²) >= 11 is 0. The highest BCUT2D eigenvalue weighted by Gasteiger charge is 2.12. The summed E-state index contributed by atoms with van der Waals surface area (Å²) in [6.07, 6.45) is 0.799. The molecule has 0 bridgehead atoms. The molecule has 2 aromatic rings. The van der Waals surface area contributed by atoms with Crippen LogP contribution in [0.15, 0.2) is 51.8 Å². The van der Waals surface area contributed by atoms with E-state index in [9.17, 15) is 17.2 Å². The van der Waals surface area contributed by atoms with Gasteiger partial charge in [-0.05, 0) is 25.1 Å². The standard InChI is InChI=1S/C14H11F2NO2S/c1-10-5-7-12(8-6-10)20(18,19)17-9-11-3-2-4-13(15)14(11)16/h2-9H,1H3. The molecular weight excluding hydrogens is 284 g/mol. The Morgan fingerprint density at radius 1 is 1.05 bits per heavy atom. The van der Waals surface area contributed by atoms with Gasteiger partial charge in [0.15, 0.2) is 11.6 Å². The van der Waals surface area contributed by atoms with Crippen LogP contribution in [0, 0.1) is 18.6 Å². The van der Waals surface area contributed by atoms with Crippen LogP contribution in [0.25, 0.3) is 0 Å². The molecule has 3 nitrogen and oxygen atoms in total. The molecule has 0 aliphatic carbocycles. The Kier molecular flexibility index (Phi) is 3.94. The minimum Gasteiger partial charge on any atom is -0.204 e. The molecule has 2 aromatic carbocycles. The van der Waals surface area contributed by atoms with E-state index >= 15 is 0 Å². The Bertz CT molecular complexity index is 753. The van der Waals surface area contributed by atoms with Crippen LogP contribution in [0.2, 0.25) is 0 Å². The zero-order valence-corrected chi connectivity index (χ0v) is 11.4. The molecule has 0 fully saturated rings. The van der Waals surface area contributed by atoms with Gasteiger partial charge in [-0.2, -0.15) is 12.8 Å². The average Bonchev–Trinajstić information content (AvgIpc) is 2.41. The first-order chi connectivity index (χ1) is 9.40. The monoisotopic (exact) mass is 295 g/mol. The van der Waals surface area contributed by atoms with Crippen LogP contribution < -0.4 is 0 Å². The molecule has 0 radical (unpaired) electrons. The van der Waals surface area contributed by atoms with Gasteiger partial charge in [0.05, 0.1) is 11.1 Å². The van der Waals surface area contributed by atoms with Crippen molar-refractivity contribution in [2.75, 3.05) is 0 Å². The molecule has 0 spiro atoms. The molecule has 6 heteroatoms. The second kappa shape index (κ2) is 5.50. The molecule has 104 valence electrons. The minimum absolute atomic E-state index is 0.00355. The number of sulfonamides is 1. The van der Waals surface area contributed by atoms with Crippen molar-refractivity contribution in [2.45, 2.75) is 11.8 Å². The summed E-state index contributed by atoms with van der Waals surface area (Å²) in [6, 6.07) is 9.54. The molecule has 2 rings (SSSR count). The molecule has 0 saturated carbocycles. The number of rotatable bonds is 3. The van der Waals surface area contributed by atoms with Crippen molar-refractivity contribution < 1.29 is 17.2 Å². The van der Waals surface area contributed by atoms with Crippen LogP contribution in [0.3, 0.4) is 0 Å². The summed E-state index contributed by atoms with van der Waals surface area (Å²) in [7, 11) is -3.92. The maximum atomic E-state index is 13.4. The second-order valence-corrected chi connectivity index (χ2v) is 5.80. The van der Waals surface area contributed by atoms with Crippen LogP contribution in [0.4, 0.5) is 8.78 Å². The summed E-state index contributed by atoms with van der Waals surface area (Å²) in [5.74, 6) is -2.18. The summed E-state index contributed by atoms with van der Waals surface area (Å²) in [4.78, 5) is -0.00355. The Morgan fingerprint density at radius 3 is 2.35 bits per heavy atom. The minimum atomic E-state index is -3.92. The largest absolute Gasteiger partial charge is 0.282 e. The highest BCUT2D eigenvalue weighted by atomic mass is 32.2. The zero-order valence-electron chi connectivity index (χ0n) is 10.5. The Balaban J connectivity index is 2.35. The number of nitrogens with zero attached hydrogens (tertiary/aromatic N) is 1. The quantitative estimate of drug-likeness (QED) is 0.817. The third kappa shape index (κ3) is 3.08. The number of benzene rings is 2. The van der Waals surface area contributed by atoms with Crippen LogP contribution in [-0.4, -0.2) is 14.6 Å². The highest BCUT2D eigenvalue weighted by Crippen LogP contribution is 2.14. The van der Waals surface area contributed by atoms with E-state index in [0.717, 1.165) is 17.8 Å². The van der Waals surface area contributed by atoms with Gasteiger partial charge in [0.1, 0.15) is 0 Å². The number of hydrogen-bond acceptors (Lipinski definition) is 2. The summed E-state index contributed by atoms with van der Waals surface area (Å²) in [6.45, 7) is 1.82. The molecule has 0 aliphatic heterocycles. The molecule has 0 N–H and O–H groups in total. The lowest BCUT2D eigenvalue weighted by Crippen LogP contribution is -1.99. The average molecular weight is 295 g/mol. The fourth-order valence-corrected chi connectivity index (χ4v) is 2.37. The van der Waals surface area contributed by atoms with Gasteiger partial charge in [-0.3, -0.25) is 0 Å². The van der Waals surface area contributed by atoms with Gasteiger partial charge in [0.2, 0.25) is 0 Å². The summed E-state index contributed by atoms with van der Waals surface area (Å²) in [5.41, 5.74) is 0.685. The van der Waals surface area contributed by atoms with Gasteiger partial charge >= 0.3 is 0 Å². The molecule has 0 heterocycles. The number of aryl methyl sites for hydroxylation is 1. The van der Waals surface area contributed by atoms with Crippen molar-refractivity contribution >= 4 is 16.2 Å². The third-order valence-corrected chi connectivity index (χ3v) is 3.88. The first-order valence-electron chi connectivity index (χ1n) is 5.71. The van der Waals surface area contributed by atoms with Gasteiger partial charge in [0.25, 0.3) is 10.0 Å². The predicted molar refractivity (Wildman–Crippen MR) is 72.3 cm³/mol. The summed E-state index contributed by atoms with van der Waals surface area (Å²) < 4.78 is 53.5. The van der Waals surface area contributed by atoms with Crippen molar-refractivity contribution in [1.82, 2.24) is 0 Å². The van der Waals surface area contributed by atoms with Crippen molar-refractivity contribution in [3.63, 3.8) is 0 Å². The van der Waals surface area contributed by atoms with Crippen molar-refractivity contribution in [1.29, 1.82) is 0 Å². The molecule has 0 aromatic heterocycles. The fourth-order valence-electron chi connectivity index (χ4n) is 1.52. The Hall–Kier alpha value is -2.08. The molecule has 0 aliphatic rings. The van der Waals surface area contributed by atoms with Crippen LogP contribution >= 0.6 is 0 Å². The van der Waals surface area contributed by atoms with E-state index in [1.165, 1.54) is 24.3 Å². The predicted octanol–water partition coefficient (Wildman–Crippen LogP) is 3.08. The SMILES string of the molecule is Cc1ccc(S(=O)(=O)N=Cc2cccc(F)c2F)cc1. The first kappa shape index (κ1) is 14.3. The normalized spacial score (nSPS) is 11.9. The van der Waals surface area contributed by atoms with Crippen LogP contribution in [0.5, 0.6) is 0 Å². The van der Waals surface area contributed by atoms with E-state index in [1.807, 2.05) is 6.92 Å². The van der Waals surface area contributed by atoms with E-state index in [4.69, 9.17) is 0 Å². The third-order valence-electron chi connectivity index (χ3n) is 2.63. The summed E-state index contributed by atoms with van der Waals surface area (Å²) in [5, 5.41) is 0. The highest BCUT2D eigenvalue weighted by molar-refractivity contribution is 7.90. The first-order valence-corrected chi connectivity index (χ1v) is 7.15. The lowest BCUT2D eigenvalue weighted by Gasteiger charge is -2.00. The topological polar surface area (TPSA) is 46.5 Å². The molecule has 0 amide bonds. The second-order valence-electron chi connectivity index (χ2n) is 4.17. The molecule has 0 unspecified atom stereocenters. The smallest absolute Gasteiger partial charge is 0.204 e. The van der Waals surface area contributed by atoms with E-state index in [2.05, 4.69) is 4.40 Å². The van der Waals surface area contributed by atoms with Crippen molar-refractivity contribution in [3.05, 3.63) is 65.2 Å². The maximum Gasteiger partial charge on any atom is 0.282 e. The Labute approximate surface area is 115 Å². The molecule has 0 atom stereocenters. The number of hydrogen-bond donors (Lipinski definition) is 0. The van der Waals surface area contributed by atoms with Gasteiger partial charge in [-0.25, -0.2) is 8.78 Å². The van der Waals surface area contributed by atoms with E-state index < -0.39 is 21.7 Å². The number of halogens is 2. The Morgan fingerprint density at radius 2 is 1.70 bits per heavy atom. The molecule has 0 saturated heterocycles. The lowest BCUT2D eigenvalue weighted by atomic mass is 10.2. The van der Waals surface area contributed by atoms with E-state index in [0.29, 0.717) is 0 Å². The zero-order chi connectivity index (χ0) is 14.8. The fraction of sp³-hybridized carbons (Fsp3) is 0.0714. The van der Waals surface area contributed by atoms with Crippen molar-refractivity contribution in [3.8, 4) is 0 Å². The van der Waals surface area contributed by atoms with Crippen molar-refractivity contribution in [2.24, 2.45) is 4.40 Å². The lowest BCUT2D eigenvalue weighted by molar-refractivity contribution is 0.507. The van der Waals surface area contributed by atoms with E-state index in [1.54, 1.807) is 12.1 Å².